The van der Waals surface area contributed by atoms with Crippen LogP contribution in [0.5, 0.6) is 0 Å². The number of aliphatic imine (C=N–C) groups is 1. The maximum absolute atomic E-state index is 11.6. The smallest absolute Gasteiger partial charge is 0.191 e. The van der Waals surface area contributed by atoms with E-state index < -0.39 is 9.84 Å². The van der Waals surface area contributed by atoms with Gasteiger partial charge < -0.3 is 10.6 Å². The molecule has 0 aromatic rings. The average molecular weight is 469 g/mol. The van der Waals surface area contributed by atoms with Gasteiger partial charge in [-0.15, -0.1) is 24.0 Å². The van der Waals surface area contributed by atoms with Crippen LogP contribution in [0.15, 0.2) is 4.99 Å². The molecular weight excluding hydrogens is 437 g/mol. The number of guanidine groups is 1. The van der Waals surface area contributed by atoms with Gasteiger partial charge in [0.15, 0.2) is 15.8 Å². The third-order valence-electron chi connectivity index (χ3n) is 5.45. The van der Waals surface area contributed by atoms with Gasteiger partial charge >= 0.3 is 0 Å². The topological polar surface area (TPSA) is 70.6 Å². The van der Waals surface area contributed by atoms with Crippen LogP contribution in [0.4, 0.5) is 0 Å². The Morgan fingerprint density at radius 1 is 1.04 bits per heavy atom. The summed E-state index contributed by atoms with van der Waals surface area (Å²) in [5, 5.41) is 7.13. The van der Waals surface area contributed by atoms with E-state index in [9.17, 15) is 8.42 Å². The molecule has 0 aromatic heterocycles. The summed E-state index contributed by atoms with van der Waals surface area (Å²) in [6, 6.07) is 1.09. The zero-order valence-corrected chi connectivity index (χ0v) is 17.8. The van der Waals surface area contributed by atoms with E-state index in [1.54, 1.807) is 0 Å². The molecule has 2 aliphatic carbocycles. The Bertz CT molecular complexity index is 534. The van der Waals surface area contributed by atoms with Gasteiger partial charge in [0.1, 0.15) is 0 Å². The SMILES string of the molecule is CCC1CCCC(NC(=NCC2CCS(=O)(=O)C2)NC2CC2)C1.I. The summed E-state index contributed by atoms with van der Waals surface area (Å²) in [4.78, 5) is 4.73. The van der Waals surface area contributed by atoms with Crippen molar-refractivity contribution in [3.8, 4) is 0 Å². The van der Waals surface area contributed by atoms with E-state index in [0.717, 1.165) is 18.3 Å². The molecule has 3 fully saturated rings. The zero-order chi connectivity index (χ0) is 16.3. The van der Waals surface area contributed by atoms with Crippen molar-refractivity contribution < 1.29 is 8.42 Å². The zero-order valence-electron chi connectivity index (χ0n) is 14.7. The van der Waals surface area contributed by atoms with Crippen LogP contribution in [0, 0.1) is 11.8 Å². The highest BCUT2D eigenvalue weighted by molar-refractivity contribution is 14.0. The third kappa shape index (κ3) is 6.35. The first-order chi connectivity index (χ1) is 11.0. The van der Waals surface area contributed by atoms with E-state index in [0.29, 0.717) is 30.1 Å². The Balaban J connectivity index is 0.00000208. The number of rotatable bonds is 5. The fourth-order valence-electron chi connectivity index (χ4n) is 3.78. The van der Waals surface area contributed by atoms with Gasteiger partial charge in [-0.3, -0.25) is 4.99 Å². The first kappa shape index (κ1) is 20.3. The predicted molar refractivity (Wildman–Crippen MR) is 110 cm³/mol. The van der Waals surface area contributed by atoms with Gasteiger partial charge in [-0.2, -0.15) is 0 Å². The summed E-state index contributed by atoms with van der Waals surface area (Å²) < 4.78 is 23.2. The monoisotopic (exact) mass is 469 g/mol. The van der Waals surface area contributed by atoms with Gasteiger partial charge in [0.25, 0.3) is 0 Å². The minimum absolute atomic E-state index is 0. The summed E-state index contributed by atoms with van der Waals surface area (Å²) >= 11 is 0. The van der Waals surface area contributed by atoms with Crippen molar-refractivity contribution in [3.63, 3.8) is 0 Å². The molecule has 1 saturated heterocycles. The van der Waals surface area contributed by atoms with Crippen LogP contribution >= 0.6 is 24.0 Å². The largest absolute Gasteiger partial charge is 0.354 e. The molecule has 24 heavy (non-hydrogen) atoms. The first-order valence-corrected chi connectivity index (χ1v) is 11.1. The number of hydrogen-bond acceptors (Lipinski definition) is 3. The molecule has 1 aliphatic heterocycles. The Morgan fingerprint density at radius 3 is 2.42 bits per heavy atom. The van der Waals surface area contributed by atoms with E-state index in [2.05, 4.69) is 17.6 Å². The van der Waals surface area contributed by atoms with E-state index in [4.69, 9.17) is 4.99 Å². The van der Waals surface area contributed by atoms with Crippen molar-refractivity contribution >= 4 is 39.8 Å². The van der Waals surface area contributed by atoms with Crippen LogP contribution in [-0.4, -0.2) is 44.5 Å². The minimum atomic E-state index is -2.80. The molecule has 0 aromatic carbocycles. The molecule has 0 bridgehead atoms. The van der Waals surface area contributed by atoms with E-state index in [1.165, 1.54) is 44.9 Å². The number of nitrogens with one attached hydrogen (secondary N) is 2. The molecule has 2 saturated carbocycles. The average Bonchev–Trinajstić information content (AvgIpc) is 3.27. The third-order valence-corrected chi connectivity index (χ3v) is 7.29. The van der Waals surface area contributed by atoms with Crippen LogP contribution in [0.2, 0.25) is 0 Å². The minimum Gasteiger partial charge on any atom is -0.354 e. The van der Waals surface area contributed by atoms with Gasteiger partial charge in [0, 0.05) is 18.6 Å². The van der Waals surface area contributed by atoms with E-state index in [1.807, 2.05) is 0 Å². The van der Waals surface area contributed by atoms with Gasteiger partial charge in [-0.1, -0.05) is 26.2 Å². The molecule has 0 radical (unpaired) electrons. The second kappa shape index (κ2) is 9.05. The van der Waals surface area contributed by atoms with E-state index in [-0.39, 0.29) is 29.9 Å². The summed E-state index contributed by atoms with van der Waals surface area (Å²) in [5.41, 5.74) is 0. The molecule has 2 N–H and O–H groups in total. The number of nitrogens with zero attached hydrogens (tertiary/aromatic N) is 1. The predicted octanol–water partition coefficient (Wildman–Crippen LogP) is 2.71. The number of sulfone groups is 1. The molecule has 3 unspecified atom stereocenters. The van der Waals surface area contributed by atoms with Crippen molar-refractivity contribution in [2.45, 2.75) is 70.4 Å². The molecule has 1 heterocycles. The Labute approximate surface area is 163 Å². The van der Waals surface area contributed by atoms with Crippen LogP contribution < -0.4 is 10.6 Å². The standard InChI is InChI=1S/C17H31N3O2S.HI/c1-2-13-4-3-5-16(10-13)20-17(19-15-6-7-15)18-11-14-8-9-23(21,22)12-14;/h13-16H,2-12H2,1H3,(H2,18,19,20);1H. The molecule has 0 amide bonds. The second-order valence-corrected chi connectivity index (χ2v) is 9.89. The molecule has 0 spiro atoms. The highest BCUT2D eigenvalue weighted by atomic mass is 127. The summed E-state index contributed by atoms with van der Waals surface area (Å²) in [6.45, 7) is 2.91. The fraction of sp³-hybridized carbons (Fsp3) is 0.941. The fourth-order valence-corrected chi connectivity index (χ4v) is 5.63. The van der Waals surface area contributed by atoms with Crippen molar-refractivity contribution in [1.29, 1.82) is 0 Å². The molecule has 3 aliphatic rings. The maximum Gasteiger partial charge on any atom is 0.191 e. The van der Waals surface area contributed by atoms with Crippen molar-refractivity contribution in [1.82, 2.24) is 10.6 Å². The van der Waals surface area contributed by atoms with Crippen molar-refractivity contribution in [2.24, 2.45) is 16.8 Å². The second-order valence-electron chi connectivity index (χ2n) is 7.66. The number of hydrogen-bond donors (Lipinski definition) is 2. The quantitative estimate of drug-likeness (QED) is 0.369. The number of halogens is 1. The summed E-state index contributed by atoms with van der Waals surface area (Å²) in [5.74, 6) is 2.61. The Hall–Kier alpha value is -0.0500. The van der Waals surface area contributed by atoms with Crippen molar-refractivity contribution in [2.75, 3.05) is 18.1 Å². The highest BCUT2D eigenvalue weighted by Gasteiger charge is 2.29. The normalized spacial score (nSPS) is 32.9. The lowest BCUT2D eigenvalue weighted by atomic mass is 9.84. The van der Waals surface area contributed by atoms with Gasteiger partial charge in [-0.25, -0.2) is 8.42 Å². The molecule has 3 rings (SSSR count). The van der Waals surface area contributed by atoms with Gasteiger partial charge in [-0.05, 0) is 43.9 Å². The maximum atomic E-state index is 11.6. The van der Waals surface area contributed by atoms with Crippen LogP contribution in [0.25, 0.3) is 0 Å². The Kier molecular flexibility index (Phi) is 7.64. The molecule has 7 heteroatoms. The van der Waals surface area contributed by atoms with E-state index >= 15 is 0 Å². The molecule has 140 valence electrons. The molecular formula is C17H32IN3O2S. The molecule has 5 nitrogen and oxygen atoms in total. The van der Waals surface area contributed by atoms with Crippen molar-refractivity contribution in [3.05, 3.63) is 0 Å². The lowest BCUT2D eigenvalue weighted by Crippen LogP contribution is -2.46. The van der Waals surface area contributed by atoms with Crippen LogP contribution in [0.3, 0.4) is 0 Å². The summed E-state index contributed by atoms with van der Waals surface area (Å²) in [7, 11) is -2.80. The van der Waals surface area contributed by atoms with Gasteiger partial charge in [0.05, 0.1) is 11.5 Å². The Morgan fingerprint density at radius 2 is 1.79 bits per heavy atom. The van der Waals surface area contributed by atoms with Crippen LogP contribution in [-0.2, 0) is 9.84 Å². The van der Waals surface area contributed by atoms with Gasteiger partial charge in [0.2, 0.25) is 0 Å². The summed E-state index contributed by atoms with van der Waals surface area (Å²) in [6.07, 6.45) is 9.59. The highest BCUT2D eigenvalue weighted by Crippen LogP contribution is 2.27. The first-order valence-electron chi connectivity index (χ1n) is 9.32. The van der Waals surface area contributed by atoms with Crippen LogP contribution in [0.1, 0.15) is 58.3 Å². The molecule has 3 atom stereocenters. The lowest BCUT2D eigenvalue weighted by Gasteiger charge is -2.30. The lowest BCUT2D eigenvalue weighted by molar-refractivity contribution is 0.298.